The maximum atomic E-state index is 5.95. The lowest BCUT2D eigenvalue weighted by Gasteiger charge is -2.11. The molecule has 2 rings (SSSR count). The van der Waals surface area contributed by atoms with Crippen molar-refractivity contribution < 1.29 is 4.74 Å². The molecule has 0 aromatic heterocycles. The van der Waals surface area contributed by atoms with Gasteiger partial charge in [0.25, 0.3) is 0 Å². The third-order valence-corrected chi connectivity index (χ3v) is 3.25. The molecule has 0 N–H and O–H groups in total. The zero-order valence-electron chi connectivity index (χ0n) is 14.4. The van der Waals surface area contributed by atoms with Gasteiger partial charge in [-0.05, 0) is 42.5 Å². The molecule has 2 aromatic rings. The standard InChI is InChI=1S/C19H22O.C2H6/c1-4-18-10-5-6-11-19(18)20-14-17-9-7-8-16(13-17)12-15(2)3;1-2/h5-11,13H,2,4,12,14H2,1,3H3;1-2H3. The van der Waals surface area contributed by atoms with Crippen LogP contribution in [0.2, 0.25) is 0 Å². The van der Waals surface area contributed by atoms with Crippen LogP contribution < -0.4 is 4.74 Å². The van der Waals surface area contributed by atoms with Gasteiger partial charge in [0, 0.05) is 0 Å². The van der Waals surface area contributed by atoms with Crippen molar-refractivity contribution in [2.75, 3.05) is 0 Å². The van der Waals surface area contributed by atoms with Crippen LogP contribution >= 0.6 is 0 Å². The third kappa shape index (κ3) is 5.77. The number of ether oxygens (including phenoxy) is 1. The number of aryl methyl sites for hydroxylation is 1. The zero-order valence-corrected chi connectivity index (χ0v) is 14.4. The van der Waals surface area contributed by atoms with Crippen molar-refractivity contribution in [1.82, 2.24) is 0 Å². The first-order valence-electron chi connectivity index (χ1n) is 8.12. The molecule has 0 aliphatic carbocycles. The quantitative estimate of drug-likeness (QED) is 0.596. The van der Waals surface area contributed by atoms with E-state index in [9.17, 15) is 0 Å². The highest BCUT2D eigenvalue weighted by Crippen LogP contribution is 2.20. The molecule has 0 saturated heterocycles. The highest BCUT2D eigenvalue weighted by molar-refractivity contribution is 5.34. The molecule has 0 aliphatic heterocycles. The summed E-state index contributed by atoms with van der Waals surface area (Å²) in [5.74, 6) is 0.986. The number of allylic oxidation sites excluding steroid dienone is 1. The largest absolute Gasteiger partial charge is 0.489 e. The number of rotatable bonds is 6. The van der Waals surface area contributed by atoms with Gasteiger partial charge in [-0.25, -0.2) is 0 Å². The molecule has 0 fully saturated rings. The van der Waals surface area contributed by atoms with E-state index in [1.54, 1.807) is 0 Å². The maximum absolute atomic E-state index is 5.95. The second-order valence-electron chi connectivity index (χ2n) is 5.20. The summed E-state index contributed by atoms with van der Waals surface area (Å²) < 4.78 is 5.95. The van der Waals surface area contributed by atoms with Gasteiger partial charge in [0.1, 0.15) is 12.4 Å². The number of para-hydroxylation sites is 1. The number of hydrogen-bond donors (Lipinski definition) is 0. The molecule has 0 aliphatic rings. The smallest absolute Gasteiger partial charge is 0.122 e. The molecule has 22 heavy (non-hydrogen) atoms. The van der Waals surface area contributed by atoms with Crippen LogP contribution in [0.5, 0.6) is 5.75 Å². The minimum Gasteiger partial charge on any atom is -0.489 e. The molecular weight excluding hydrogens is 268 g/mol. The first-order valence-corrected chi connectivity index (χ1v) is 8.12. The Labute approximate surface area is 135 Å². The monoisotopic (exact) mass is 296 g/mol. The van der Waals surface area contributed by atoms with Crippen molar-refractivity contribution in [3.05, 3.63) is 77.4 Å². The molecular formula is C21H28O. The minimum absolute atomic E-state index is 0.612. The van der Waals surface area contributed by atoms with Gasteiger partial charge in [-0.15, -0.1) is 0 Å². The van der Waals surface area contributed by atoms with E-state index >= 15 is 0 Å². The van der Waals surface area contributed by atoms with Crippen molar-refractivity contribution in [2.24, 2.45) is 0 Å². The molecule has 0 amide bonds. The predicted molar refractivity (Wildman–Crippen MR) is 96.5 cm³/mol. The van der Waals surface area contributed by atoms with E-state index in [1.165, 1.54) is 22.3 Å². The molecule has 0 radical (unpaired) electrons. The van der Waals surface area contributed by atoms with E-state index in [2.05, 4.69) is 56.8 Å². The van der Waals surface area contributed by atoms with E-state index in [0.29, 0.717) is 6.61 Å². The van der Waals surface area contributed by atoms with Gasteiger partial charge in [0.2, 0.25) is 0 Å². The Kier molecular flexibility index (Phi) is 8.06. The van der Waals surface area contributed by atoms with Gasteiger partial charge in [-0.2, -0.15) is 0 Å². The zero-order chi connectivity index (χ0) is 16.4. The summed E-state index contributed by atoms with van der Waals surface area (Å²) in [6.07, 6.45) is 1.92. The molecule has 0 saturated carbocycles. The average Bonchev–Trinajstić information content (AvgIpc) is 2.55. The van der Waals surface area contributed by atoms with E-state index in [4.69, 9.17) is 4.74 Å². The Bertz CT molecular complexity index is 584. The number of benzene rings is 2. The first-order chi connectivity index (χ1) is 10.7. The molecule has 2 aromatic carbocycles. The van der Waals surface area contributed by atoms with E-state index in [1.807, 2.05) is 26.0 Å². The molecule has 0 heterocycles. The van der Waals surface area contributed by atoms with Gasteiger partial charge in [0.15, 0.2) is 0 Å². The van der Waals surface area contributed by atoms with Crippen LogP contribution in [0.25, 0.3) is 0 Å². The van der Waals surface area contributed by atoms with Gasteiger partial charge in [-0.1, -0.05) is 75.4 Å². The molecule has 118 valence electrons. The molecule has 1 nitrogen and oxygen atoms in total. The normalized spacial score (nSPS) is 9.64. The lowest BCUT2D eigenvalue weighted by Crippen LogP contribution is -1.99. The second kappa shape index (κ2) is 9.83. The summed E-state index contributed by atoms with van der Waals surface area (Å²) in [4.78, 5) is 0. The van der Waals surface area contributed by atoms with Crippen LogP contribution in [-0.2, 0) is 19.4 Å². The molecule has 0 unspecified atom stereocenters. The van der Waals surface area contributed by atoms with Crippen molar-refractivity contribution in [1.29, 1.82) is 0 Å². The highest BCUT2D eigenvalue weighted by atomic mass is 16.5. The van der Waals surface area contributed by atoms with Gasteiger partial charge >= 0.3 is 0 Å². The topological polar surface area (TPSA) is 9.23 Å². The Balaban J connectivity index is 0.00000116. The summed E-state index contributed by atoms with van der Waals surface area (Å²) in [7, 11) is 0. The summed E-state index contributed by atoms with van der Waals surface area (Å²) >= 11 is 0. The molecule has 1 heteroatoms. The van der Waals surface area contributed by atoms with Crippen molar-refractivity contribution >= 4 is 0 Å². The molecule has 0 atom stereocenters. The van der Waals surface area contributed by atoms with Gasteiger partial charge in [-0.3, -0.25) is 0 Å². The van der Waals surface area contributed by atoms with Crippen LogP contribution in [0.3, 0.4) is 0 Å². The Morgan fingerprint density at radius 3 is 2.36 bits per heavy atom. The average molecular weight is 296 g/mol. The fraction of sp³-hybridized carbons (Fsp3) is 0.333. The van der Waals surface area contributed by atoms with Crippen LogP contribution in [0.1, 0.15) is 44.4 Å². The Morgan fingerprint density at radius 2 is 1.68 bits per heavy atom. The second-order valence-corrected chi connectivity index (χ2v) is 5.20. The summed E-state index contributed by atoms with van der Waals surface area (Å²) in [5.41, 5.74) is 4.93. The SMILES string of the molecule is C=C(C)Cc1cccc(COc2ccccc2CC)c1.CC. The van der Waals surface area contributed by atoms with Crippen molar-refractivity contribution in [3.63, 3.8) is 0 Å². The Morgan fingerprint density at radius 1 is 1.00 bits per heavy atom. The molecule has 0 bridgehead atoms. The lowest BCUT2D eigenvalue weighted by atomic mass is 10.1. The van der Waals surface area contributed by atoms with Gasteiger partial charge in [0.05, 0.1) is 0 Å². The summed E-state index contributed by atoms with van der Waals surface area (Å²) in [6.45, 7) is 12.8. The predicted octanol–water partition coefficient (Wildman–Crippen LogP) is 5.97. The third-order valence-electron chi connectivity index (χ3n) is 3.25. The van der Waals surface area contributed by atoms with Crippen LogP contribution in [0.4, 0.5) is 0 Å². The maximum Gasteiger partial charge on any atom is 0.122 e. The van der Waals surface area contributed by atoms with E-state index in [-0.39, 0.29) is 0 Å². The fourth-order valence-electron chi connectivity index (χ4n) is 2.28. The van der Waals surface area contributed by atoms with Crippen molar-refractivity contribution in [3.8, 4) is 5.75 Å². The highest BCUT2D eigenvalue weighted by Gasteiger charge is 2.02. The number of hydrogen-bond acceptors (Lipinski definition) is 1. The van der Waals surface area contributed by atoms with Gasteiger partial charge < -0.3 is 4.74 Å². The summed E-state index contributed by atoms with van der Waals surface area (Å²) in [6, 6.07) is 16.8. The van der Waals surface area contributed by atoms with E-state index < -0.39 is 0 Å². The van der Waals surface area contributed by atoms with E-state index in [0.717, 1.165) is 18.6 Å². The lowest BCUT2D eigenvalue weighted by molar-refractivity contribution is 0.303. The summed E-state index contributed by atoms with van der Waals surface area (Å²) in [5, 5.41) is 0. The fourth-order valence-corrected chi connectivity index (χ4v) is 2.28. The van der Waals surface area contributed by atoms with Crippen LogP contribution in [-0.4, -0.2) is 0 Å². The minimum atomic E-state index is 0.612. The van der Waals surface area contributed by atoms with Crippen LogP contribution in [0.15, 0.2) is 60.7 Å². The van der Waals surface area contributed by atoms with Crippen molar-refractivity contribution in [2.45, 2.75) is 47.1 Å². The molecule has 0 spiro atoms. The van der Waals surface area contributed by atoms with Crippen LogP contribution in [0, 0.1) is 0 Å². The first kappa shape index (κ1) is 18.0. The Hall–Kier alpha value is -2.02.